The standard InChI is InChI=1S/C20H23N7O7/c21-20-25-16-15(18(32)26-20)27(9-28)12(8-23-16)7-22-11-3-1-10(2-4-11)17(31)24-13(19(33)34)5-6-14(29)30/h8-10,13H,1-7H2,(H5-,21,23,24,25,26,29,30,31,32,33,34)/p+2/t10?,13-/m0/s1. The van der Waals surface area contributed by atoms with Crippen LogP contribution in [0, 0.1) is 5.92 Å². The zero-order valence-electron chi connectivity index (χ0n) is 18.1. The van der Waals surface area contributed by atoms with Gasteiger partial charge in [0.15, 0.2) is 6.20 Å². The van der Waals surface area contributed by atoms with Crippen LogP contribution in [0.1, 0.15) is 44.2 Å². The molecule has 34 heavy (non-hydrogen) atoms. The van der Waals surface area contributed by atoms with E-state index in [1.807, 2.05) is 0 Å². The molecule has 2 aromatic rings. The van der Waals surface area contributed by atoms with Crippen LogP contribution in [0.2, 0.25) is 0 Å². The highest BCUT2D eigenvalue weighted by Crippen LogP contribution is 2.23. The Bertz CT molecular complexity index is 1210. The summed E-state index contributed by atoms with van der Waals surface area (Å²) in [6, 6.07) is -1.26. The first-order valence-corrected chi connectivity index (χ1v) is 10.6. The van der Waals surface area contributed by atoms with E-state index in [1.54, 1.807) is 0 Å². The number of rotatable bonds is 9. The molecule has 1 aliphatic carbocycles. The smallest absolute Gasteiger partial charge is 0.404 e. The van der Waals surface area contributed by atoms with Gasteiger partial charge in [-0.05, 0) is 32.1 Å². The van der Waals surface area contributed by atoms with E-state index in [0.29, 0.717) is 37.8 Å². The number of carboxylic acid groups (broad SMARTS) is 2. The highest BCUT2D eigenvalue weighted by molar-refractivity contribution is 5.89. The number of carbonyl (C=O) groups is 4. The van der Waals surface area contributed by atoms with Crippen molar-refractivity contribution in [3.05, 3.63) is 22.2 Å². The number of aliphatic carboxylic acids is 2. The normalized spacial score (nSPS) is 16.6. The van der Waals surface area contributed by atoms with E-state index in [-0.39, 0.29) is 36.5 Å². The molecular weight excluding hydrogens is 450 g/mol. The minimum absolute atomic E-state index is 0.0122. The maximum absolute atomic E-state index is 12.5. The van der Waals surface area contributed by atoms with Gasteiger partial charge < -0.3 is 21.3 Å². The number of carbonyl (C=O) groups excluding carboxylic acids is 2. The lowest BCUT2D eigenvalue weighted by atomic mass is 9.87. The van der Waals surface area contributed by atoms with Gasteiger partial charge in [-0.1, -0.05) is 0 Å². The quantitative estimate of drug-likeness (QED) is 0.204. The predicted octanol–water partition coefficient (Wildman–Crippen LogP) is -1.79. The number of aliphatic imine (C=N–C) groups is 1. The average molecular weight is 475 g/mol. The molecule has 180 valence electrons. The molecule has 0 unspecified atom stereocenters. The van der Waals surface area contributed by atoms with E-state index in [0.717, 1.165) is 10.3 Å². The largest absolute Gasteiger partial charge is 0.481 e. The van der Waals surface area contributed by atoms with Crippen molar-refractivity contribution in [1.29, 1.82) is 0 Å². The van der Waals surface area contributed by atoms with E-state index in [9.17, 15) is 29.1 Å². The molecule has 14 heteroatoms. The Morgan fingerprint density at radius 1 is 1.35 bits per heavy atom. The lowest BCUT2D eigenvalue weighted by Crippen LogP contribution is -2.45. The van der Waals surface area contributed by atoms with Crippen molar-refractivity contribution in [3.8, 4) is 0 Å². The van der Waals surface area contributed by atoms with Crippen LogP contribution in [0.3, 0.4) is 0 Å². The number of nitrogens with one attached hydrogen (secondary N) is 3. The van der Waals surface area contributed by atoms with Crippen molar-refractivity contribution in [1.82, 2.24) is 15.3 Å². The van der Waals surface area contributed by atoms with Crippen LogP contribution < -0.4 is 26.2 Å². The summed E-state index contributed by atoms with van der Waals surface area (Å²) in [4.78, 5) is 71.9. The maximum atomic E-state index is 12.5. The Hall–Kier alpha value is -4.23. The Morgan fingerprint density at radius 3 is 2.68 bits per heavy atom. The van der Waals surface area contributed by atoms with Crippen LogP contribution in [0.15, 0.2) is 16.0 Å². The number of amides is 1. The molecule has 7 N–H and O–H groups in total. The van der Waals surface area contributed by atoms with E-state index >= 15 is 0 Å². The molecule has 0 spiro atoms. The van der Waals surface area contributed by atoms with Crippen LogP contribution in [0.5, 0.6) is 0 Å². The number of nitrogen functional groups attached to an aromatic ring is 1. The summed E-state index contributed by atoms with van der Waals surface area (Å²) >= 11 is 0. The fraction of sp³-hybridized carbons (Fsp3) is 0.450. The third-order valence-electron chi connectivity index (χ3n) is 5.60. The Morgan fingerprint density at radius 2 is 2.06 bits per heavy atom. The predicted molar refractivity (Wildman–Crippen MR) is 115 cm³/mol. The van der Waals surface area contributed by atoms with E-state index in [2.05, 4.69) is 25.3 Å². The van der Waals surface area contributed by atoms with Crippen molar-refractivity contribution in [3.63, 3.8) is 0 Å². The van der Waals surface area contributed by atoms with Gasteiger partial charge in [-0.25, -0.2) is 14.6 Å². The van der Waals surface area contributed by atoms with Crippen LogP contribution in [-0.2, 0) is 25.7 Å². The summed E-state index contributed by atoms with van der Waals surface area (Å²) in [5, 5.41) is 20.4. The minimum atomic E-state index is -1.28. The van der Waals surface area contributed by atoms with Gasteiger partial charge in [0.2, 0.25) is 5.91 Å². The van der Waals surface area contributed by atoms with Crippen LogP contribution in [-0.4, -0.2) is 56.2 Å². The summed E-state index contributed by atoms with van der Waals surface area (Å²) in [6.45, 7) is 0.109. The first-order chi connectivity index (χ1) is 16.2. The van der Waals surface area contributed by atoms with Crippen molar-refractivity contribution in [2.75, 3.05) is 5.73 Å². The Balaban J connectivity index is 1.63. The van der Waals surface area contributed by atoms with Crippen molar-refractivity contribution in [2.24, 2.45) is 10.9 Å². The second-order valence-electron chi connectivity index (χ2n) is 7.89. The fourth-order valence-corrected chi connectivity index (χ4v) is 3.79. The molecule has 0 aliphatic heterocycles. The molecule has 1 atom stereocenters. The highest BCUT2D eigenvalue weighted by atomic mass is 16.4. The molecule has 1 aliphatic rings. The lowest BCUT2D eigenvalue weighted by Gasteiger charge is -2.24. The Labute approximate surface area is 191 Å². The molecule has 1 saturated carbocycles. The number of anilines is 1. The molecule has 0 radical (unpaired) electrons. The number of hydrogen-bond donors (Lipinski definition) is 5. The first kappa shape index (κ1) is 24.4. The summed E-state index contributed by atoms with van der Waals surface area (Å²) < 4.78 is 1.14. The number of nitrogens with two attached hydrogens (primary N) is 1. The van der Waals surface area contributed by atoms with Crippen LogP contribution in [0.25, 0.3) is 11.2 Å². The lowest BCUT2D eigenvalue weighted by molar-refractivity contribution is -0.549. The highest BCUT2D eigenvalue weighted by Gasteiger charge is 2.29. The Kier molecular flexibility index (Phi) is 7.60. The first-order valence-electron chi connectivity index (χ1n) is 10.6. The third kappa shape index (κ3) is 5.76. The topological polar surface area (TPSA) is 223 Å². The second-order valence-corrected chi connectivity index (χ2v) is 7.89. The monoisotopic (exact) mass is 475 g/mol. The van der Waals surface area contributed by atoms with Gasteiger partial charge in [-0.3, -0.25) is 24.4 Å². The molecule has 2 heterocycles. The van der Waals surface area contributed by atoms with Crippen molar-refractivity contribution < 1.29 is 38.9 Å². The SMILES string of the molecule is Nc1nc2[nH+]cc(CN=C3CCC(C(=O)N[C@@H](CCC(=O)O)C(=O)O)CC3)[n+](C=O)c2c(=O)[nH]1. The number of hydrogen-bond acceptors (Lipinski definition) is 8. The van der Waals surface area contributed by atoms with E-state index in [1.165, 1.54) is 6.20 Å². The number of aromatic nitrogens is 4. The minimum Gasteiger partial charge on any atom is -0.481 e. The molecule has 1 amide bonds. The zero-order chi connectivity index (χ0) is 24.8. The van der Waals surface area contributed by atoms with Crippen molar-refractivity contribution in [2.45, 2.75) is 51.1 Å². The summed E-state index contributed by atoms with van der Waals surface area (Å²) in [5.41, 5.74) is 6.37. The van der Waals surface area contributed by atoms with Gasteiger partial charge in [-0.15, -0.1) is 4.57 Å². The van der Waals surface area contributed by atoms with Gasteiger partial charge in [0.05, 0.1) is 0 Å². The molecule has 0 aromatic carbocycles. The molecule has 3 rings (SSSR count). The molecule has 1 fully saturated rings. The average Bonchev–Trinajstić information content (AvgIpc) is 2.79. The van der Waals surface area contributed by atoms with Gasteiger partial charge >= 0.3 is 41.0 Å². The summed E-state index contributed by atoms with van der Waals surface area (Å²) in [5.74, 6) is -3.33. The van der Waals surface area contributed by atoms with Crippen LogP contribution in [0.4, 0.5) is 5.95 Å². The van der Waals surface area contributed by atoms with Crippen LogP contribution >= 0.6 is 0 Å². The van der Waals surface area contributed by atoms with Crippen molar-refractivity contribution >= 4 is 47.1 Å². The molecular formula is C20H25N7O7+2. The number of aromatic amines is 2. The third-order valence-corrected chi connectivity index (χ3v) is 5.60. The van der Waals surface area contributed by atoms with E-state index in [4.69, 9.17) is 10.8 Å². The second kappa shape index (κ2) is 10.6. The number of H-pyrrole nitrogens is 2. The van der Waals surface area contributed by atoms with Gasteiger partial charge in [0.25, 0.3) is 5.69 Å². The number of fused-ring (bicyclic) bond motifs is 1. The number of carboxylic acids is 2. The molecule has 14 nitrogen and oxygen atoms in total. The molecule has 2 aromatic heterocycles. The molecule has 0 bridgehead atoms. The summed E-state index contributed by atoms with van der Waals surface area (Å²) in [6.07, 6.45) is 3.36. The number of nitrogens with zero attached hydrogens (tertiary/aromatic N) is 3. The van der Waals surface area contributed by atoms with E-state index < -0.39 is 35.4 Å². The van der Waals surface area contributed by atoms with Gasteiger partial charge in [-0.2, -0.15) is 0 Å². The zero-order valence-corrected chi connectivity index (χ0v) is 18.1. The van der Waals surface area contributed by atoms with Gasteiger partial charge in [0, 0.05) is 23.0 Å². The van der Waals surface area contributed by atoms with Gasteiger partial charge in [0.1, 0.15) is 12.6 Å². The summed E-state index contributed by atoms with van der Waals surface area (Å²) in [7, 11) is 0. The molecule has 0 saturated heterocycles. The fourth-order valence-electron chi connectivity index (χ4n) is 3.79. The maximum Gasteiger partial charge on any atom is 0.404 e.